The fourth-order valence-corrected chi connectivity index (χ4v) is 4.34. The minimum absolute atomic E-state index is 0.306. The molecule has 0 saturated carbocycles. The maximum Gasteiger partial charge on any atom is 0.322 e. The van der Waals surface area contributed by atoms with E-state index in [2.05, 4.69) is 4.98 Å². The van der Waals surface area contributed by atoms with Gasteiger partial charge in [-0.15, -0.1) is 11.3 Å². The lowest BCUT2D eigenvalue weighted by Crippen LogP contribution is -2.35. The minimum atomic E-state index is -3.70. The molecule has 0 spiro atoms. The van der Waals surface area contributed by atoms with Crippen molar-refractivity contribution in [3.05, 3.63) is 16.6 Å². The van der Waals surface area contributed by atoms with Crippen LogP contribution in [-0.2, 0) is 20.4 Å². The fraction of sp³-hybridized carbons (Fsp3) is 0.556. The lowest BCUT2D eigenvalue weighted by molar-refractivity contribution is -0.137. The number of thiazole rings is 1. The Bertz CT molecular complexity index is 450. The Morgan fingerprint density at radius 2 is 2.19 bits per heavy atom. The third kappa shape index (κ3) is 3.02. The van der Waals surface area contributed by atoms with Crippen molar-refractivity contribution in [1.82, 2.24) is 4.98 Å². The number of sulfone groups is 1. The summed E-state index contributed by atoms with van der Waals surface area (Å²) in [6, 6.07) is 0. The fourth-order valence-electron chi connectivity index (χ4n) is 1.44. The molecule has 0 fully saturated rings. The Hall–Kier alpha value is -0.950. The predicted octanol–water partition coefficient (Wildman–Crippen LogP) is 1.17. The van der Waals surface area contributed by atoms with E-state index >= 15 is 0 Å². The molecule has 1 atom stereocenters. The molecule has 0 aromatic carbocycles. The second-order valence-corrected chi connectivity index (χ2v) is 6.84. The van der Waals surface area contributed by atoms with Crippen LogP contribution in [0.4, 0.5) is 0 Å². The van der Waals surface area contributed by atoms with Crippen LogP contribution < -0.4 is 0 Å². The summed E-state index contributed by atoms with van der Waals surface area (Å²) in [5.74, 6) is -2.06. The van der Waals surface area contributed by atoms with Crippen LogP contribution in [0.3, 0.4) is 0 Å². The van der Waals surface area contributed by atoms with Crippen LogP contribution in [0.25, 0.3) is 0 Å². The van der Waals surface area contributed by atoms with Gasteiger partial charge in [-0.05, 0) is 5.92 Å². The van der Waals surface area contributed by atoms with Crippen LogP contribution in [0.2, 0.25) is 0 Å². The zero-order valence-electron chi connectivity index (χ0n) is 8.95. The highest BCUT2D eigenvalue weighted by molar-refractivity contribution is 7.92. The molecule has 1 unspecified atom stereocenters. The summed E-state index contributed by atoms with van der Waals surface area (Å²) in [5.41, 5.74) is 0. The summed E-state index contributed by atoms with van der Waals surface area (Å²) in [4.78, 5) is 14.8. The second kappa shape index (κ2) is 4.92. The summed E-state index contributed by atoms with van der Waals surface area (Å²) in [6.45, 7) is 3.16. The average molecular weight is 263 g/mol. The van der Waals surface area contributed by atoms with Gasteiger partial charge in [-0.25, -0.2) is 13.4 Å². The number of nitrogens with zero attached hydrogens (tertiary/aromatic N) is 1. The number of carbonyl (C=O) groups is 1. The van der Waals surface area contributed by atoms with Crippen molar-refractivity contribution in [2.24, 2.45) is 5.92 Å². The maximum atomic E-state index is 11.9. The first-order valence-electron chi connectivity index (χ1n) is 4.67. The van der Waals surface area contributed by atoms with E-state index in [1.165, 1.54) is 17.5 Å². The smallest absolute Gasteiger partial charge is 0.322 e. The first kappa shape index (κ1) is 13.1. The SMILES string of the molecule is CC(C)C(C(=O)O)S(=O)(=O)Cc1nccs1. The number of carboxylic acid groups (broad SMARTS) is 1. The van der Waals surface area contributed by atoms with Gasteiger partial charge in [0, 0.05) is 11.6 Å². The third-order valence-electron chi connectivity index (χ3n) is 2.04. The van der Waals surface area contributed by atoms with Crippen molar-refractivity contribution in [3.8, 4) is 0 Å². The maximum absolute atomic E-state index is 11.9. The van der Waals surface area contributed by atoms with Crippen molar-refractivity contribution >= 4 is 27.1 Å². The van der Waals surface area contributed by atoms with E-state index in [4.69, 9.17) is 5.11 Å². The highest BCUT2D eigenvalue weighted by Crippen LogP contribution is 2.19. The van der Waals surface area contributed by atoms with Crippen molar-refractivity contribution in [2.75, 3.05) is 0 Å². The largest absolute Gasteiger partial charge is 0.480 e. The minimum Gasteiger partial charge on any atom is -0.480 e. The molecule has 1 rings (SSSR count). The van der Waals surface area contributed by atoms with Gasteiger partial charge >= 0.3 is 5.97 Å². The van der Waals surface area contributed by atoms with Crippen molar-refractivity contribution in [3.63, 3.8) is 0 Å². The Kier molecular flexibility index (Phi) is 4.03. The lowest BCUT2D eigenvalue weighted by atomic mass is 10.1. The van der Waals surface area contributed by atoms with Gasteiger partial charge in [0.25, 0.3) is 0 Å². The standard InChI is InChI=1S/C9H13NO4S2/c1-6(2)8(9(11)12)16(13,14)5-7-10-3-4-15-7/h3-4,6,8H,5H2,1-2H3,(H,11,12). The van der Waals surface area contributed by atoms with Gasteiger partial charge in [0.15, 0.2) is 15.1 Å². The molecule has 0 saturated heterocycles. The van der Waals surface area contributed by atoms with Crippen LogP contribution >= 0.6 is 11.3 Å². The zero-order valence-corrected chi connectivity index (χ0v) is 10.6. The predicted molar refractivity (Wildman–Crippen MR) is 61.0 cm³/mol. The number of hydrogen-bond donors (Lipinski definition) is 1. The molecular formula is C9H13NO4S2. The Labute approximate surface area is 98.1 Å². The van der Waals surface area contributed by atoms with Crippen LogP contribution in [0.15, 0.2) is 11.6 Å². The highest BCUT2D eigenvalue weighted by atomic mass is 32.2. The topological polar surface area (TPSA) is 84.3 Å². The van der Waals surface area contributed by atoms with Crippen molar-refractivity contribution in [1.29, 1.82) is 0 Å². The van der Waals surface area contributed by atoms with Gasteiger partial charge in [0.2, 0.25) is 0 Å². The molecule has 1 aromatic heterocycles. The summed E-state index contributed by atoms with van der Waals surface area (Å²) < 4.78 is 23.7. The van der Waals surface area contributed by atoms with E-state index in [1.54, 1.807) is 19.2 Å². The van der Waals surface area contributed by atoms with Gasteiger partial charge in [0.1, 0.15) is 10.8 Å². The molecule has 5 nitrogen and oxygen atoms in total. The molecule has 0 aliphatic rings. The molecule has 0 aliphatic heterocycles. The molecule has 90 valence electrons. The summed E-state index contributed by atoms with van der Waals surface area (Å²) in [7, 11) is -3.70. The van der Waals surface area contributed by atoms with Gasteiger partial charge in [0.05, 0.1) is 0 Å². The van der Waals surface area contributed by atoms with Crippen LogP contribution in [0, 0.1) is 5.92 Å². The molecule has 0 radical (unpaired) electrons. The van der Waals surface area contributed by atoms with E-state index in [-0.39, 0.29) is 5.75 Å². The number of aromatic nitrogens is 1. The monoisotopic (exact) mass is 263 g/mol. The van der Waals surface area contributed by atoms with E-state index in [0.717, 1.165) is 0 Å². The molecule has 1 heterocycles. The Morgan fingerprint density at radius 1 is 1.56 bits per heavy atom. The first-order valence-corrected chi connectivity index (χ1v) is 7.27. The first-order chi connectivity index (χ1) is 7.34. The van der Waals surface area contributed by atoms with Crippen LogP contribution in [0.5, 0.6) is 0 Å². The normalized spacial score (nSPS) is 13.9. The molecule has 16 heavy (non-hydrogen) atoms. The quantitative estimate of drug-likeness (QED) is 0.862. The second-order valence-electron chi connectivity index (χ2n) is 3.74. The summed E-state index contributed by atoms with van der Waals surface area (Å²) in [6.07, 6.45) is 1.50. The number of carboxylic acids is 1. The lowest BCUT2D eigenvalue weighted by Gasteiger charge is -2.15. The molecular weight excluding hydrogens is 250 g/mol. The summed E-state index contributed by atoms with van der Waals surface area (Å²) in [5, 5.41) is 9.63. The Morgan fingerprint density at radius 3 is 2.56 bits per heavy atom. The van der Waals surface area contributed by atoms with Gasteiger partial charge in [-0.1, -0.05) is 13.8 Å². The number of aliphatic carboxylic acids is 1. The third-order valence-corrected chi connectivity index (χ3v) is 5.20. The molecule has 0 bridgehead atoms. The number of rotatable bonds is 5. The summed E-state index contributed by atoms with van der Waals surface area (Å²) >= 11 is 1.21. The average Bonchev–Trinajstić information content (AvgIpc) is 2.52. The van der Waals surface area contributed by atoms with E-state index < -0.39 is 27.0 Å². The van der Waals surface area contributed by atoms with Gasteiger partial charge in [-0.3, -0.25) is 4.79 Å². The van der Waals surface area contributed by atoms with Crippen LogP contribution in [-0.4, -0.2) is 29.7 Å². The molecule has 1 N–H and O–H groups in total. The number of hydrogen-bond acceptors (Lipinski definition) is 5. The van der Waals surface area contributed by atoms with Gasteiger partial charge < -0.3 is 5.11 Å². The Balaban J connectivity index is 2.95. The molecule has 1 aromatic rings. The molecule has 0 aliphatic carbocycles. The highest BCUT2D eigenvalue weighted by Gasteiger charge is 2.35. The van der Waals surface area contributed by atoms with Crippen molar-refractivity contribution in [2.45, 2.75) is 24.9 Å². The van der Waals surface area contributed by atoms with E-state index in [9.17, 15) is 13.2 Å². The van der Waals surface area contributed by atoms with E-state index in [1.807, 2.05) is 0 Å². The van der Waals surface area contributed by atoms with E-state index in [0.29, 0.717) is 5.01 Å². The van der Waals surface area contributed by atoms with Crippen molar-refractivity contribution < 1.29 is 18.3 Å². The van der Waals surface area contributed by atoms with Crippen LogP contribution in [0.1, 0.15) is 18.9 Å². The van der Waals surface area contributed by atoms with Gasteiger partial charge in [-0.2, -0.15) is 0 Å². The molecule has 0 amide bonds. The molecule has 7 heteroatoms. The zero-order chi connectivity index (χ0) is 12.3.